The molecule has 1 N–H and O–H groups in total. The smallest absolute Gasteiger partial charge is 0.214 e. The summed E-state index contributed by atoms with van der Waals surface area (Å²) in [6.07, 6.45) is 9.03. The second kappa shape index (κ2) is 7.23. The lowest BCUT2D eigenvalue weighted by Gasteiger charge is -2.39. The van der Waals surface area contributed by atoms with Crippen LogP contribution in [-0.2, 0) is 10.0 Å². The molecule has 20 heavy (non-hydrogen) atoms. The maximum atomic E-state index is 12.8. The van der Waals surface area contributed by atoms with Gasteiger partial charge in [-0.05, 0) is 45.6 Å². The van der Waals surface area contributed by atoms with Gasteiger partial charge in [-0.2, -0.15) is 4.31 Å². The molecule has 1 heterocycles. The largest absolute Gasteiger partial charge is 0.316 e. The summed E-state index contributed by atoms with van der Waals surface area (Å²) in [5.41, 5.74) is 0. The highest BCUT2D eigenvalue weighted by molar-refractivity contribution is 7.89. The fourth-order valence-electron chi connectivity index (χ4n) is 3.72. The van der Waals surface area contributed by atoms with Crippen LogP contribution in [0.3, 0.4) is 0 Å². The molecule has 0 bridgehead atoms. The number of piperidine rings is 1. The minimum Gasteiger partial charge on any atom is -0.316 e. The normalized spacial score (nSPS) is 28.4. The summed E-state index contributed by atoms with van der Waals surface area (Å²) in [5.74, 6) is 0.765. The number of hydrogen-bond acceptors (Lipinski definition) is 3. The van der Waals surface area contributed by atoms with E-state index in [1.54, 1.807) is 0 Å². The first-order valence-corrected chi connectivity index (χ1v) is 9.82. The maximum absolute atomic E-state index is 12.8. The molecule has 0 aromatic heterocycles. The summed E-state index contributed by atoms with van der Waals surface area (Å²) in [5, 5.41) is 3.23. The van der Waals surface area contributed by atoms with Crippen LogP contribution < -0.4 is 5.32 Å². The number of hydrogen-bond donors (Lipinski definition) is 1. The quantitative estimate of drug-likeness (QED) is 0.848. The van der Waals surface area contributed by atoms with Gasteiger partial charge in [-0.1, -0.05) is 25.7 Å². The summed E-state index contributed by atoms with van der Waals surface area (Å²) in [7, 11) is -1.17. The minimum absolute atomic E-state index is 0.141. The summed E-state index contributed by atoms with van der Waals surface area (Å²) in [4.78, 5) is 0. The SMILES string of the molecule is CNC(C)C1CCCCN1S(=O)(=O)CC1CCCCC1. The van der Waals surface area contributed by atoms with Gasteiger partial charge in [0.2, 0.25) is 10.0 Å². The van der Waals surface area contributed by atoms with Crippen molar-refractivity contribution in [3.8, 4) is 0 Å². The number of likely N-dealkylation sites (N-methyl/N-ethyl adjacent to an activating group) is 1. The van der Waals surface area contributed by atoms with Crippen LogP contribution >= 0.6 is 0 Å². The van der Waals surface area contributed by atoms with Gasteiger partial charge in [-0.3, -0.25) is 0 Å². The van der Waals surface area contributed by atoms with E-state index >= 15 is 0 Å². The molecule has 1 aliphatic carbocycles. The van der Waals surface area contributed by atoms with Crippen molar-refractivity contribution in [2.24, 2.45) is 5.92 Å². The van der Waals surface area contributed by atoms with E-state index in [2.05, 4.69) is 12.2 Å². The molecule has 0 aromatic carbocycles. The van der Waals surface area contributed by atoms with Crippen LogP contribution in [-0.4, -0.2) is 44.2 Å². The Labute approximate surface area is 124 Å². The Kier molecular flexibility index (Phi) is 5.87. The third-order valence-electron chi connectivity index (χ3n) is 5.06. The van der Waals surface area contributed by atoms with Gasteiger partial charge in [0, 0.05) is 18.6 Å². The first-order valence-electron chi connectivity index (χ1n) is 8.21. The second-order valence-electron chi connectivity index (χ2n) is 6.53. The van der Waals surface area contributed by atoms with Gasteiger partial charge in [0.05, 0.1) is 5.75 Å². The average molecular weight is 302 g/mol. The van der Waals surface area contributed by atoms with E-state index in [1.807, 2.05) is 11.4 Å². The van der Waals surface area contributed by atoms with Crippen molar-refractivity contribution < 1.29 is 8.42 Å². The van der Waals surface area contributed by atoms with Crippen molar-refractivity contribution in [2.45, 2.75) is 70.4 Å². The Bertz CT molecular complexity index is 391. The van der Waals surface area contributed by atoms with Crippen LogP contribution in [0.1, 0.15) is 58.3 Å². The molecule has 2 atom stereocenters. The Hall–Kier alpha value is -0.130. The molecule has 2 rings (SSSR count). The zero-order chi connectivity index (χ0) is 14.6. The molecular weight excluding hydrogens is 272 g/mol. The molecule has 1 saturated heterocycles. The lowest BCUT2D eigenvalue weighted by Crippen LogP contribution is -2.53. The van der Waals surface area contributed by atoms with Crippen molar-refractivity contribution in [3.63, 3.8) is 0 Å². The molecule has 118 valence electrons. The lowest BCUT2D eigenvalue weighted by molar-refractivity contribution is 0.211. The van der Waals surface area contributed by atoms with Crippen molar-refractivity contribution in [1.82, 2.24) is 9.62 Å². The van der Waals surface area contributed by atoms with Gasteiger partial charge in [-0.15, -0.1) is 0 Å². The van der Waals surface area contributed by atoms with Crippen molar-refractivity contribution >= 4 is 10.0 Å². The minimum atomic E-state index is -3.09. The molecule has 0 spiro atoms. The number of sulfonamides is 1. The molecule has 1 saturated carbocycles. The van der Waals surface area contributed by atoms with Crippen LogP contribution in [0.2, 0.25) is 0 Å². The molecule has 2 aliphatic rings. The average Bonchev–Trinajstić information content (AvgIpc) is 2.47. The summed E-state index contributed by atoms with van der Waals surface area (Å²) in [6.45, 7) is 2.81. The molecule has 0 radical (unpaired) electrons. The van der Waals surface area contributed by atoms with E-state index < -0.39 is 10.0 Å². The fraction of sp³-hybridized carbons (Fsp3) is 1.00. The fourth-order valence-corrected chi connectivity index (χ4v) is 5.94. The van der Waals surface area contributed by atoms with Crippen molar-refractivity contribution in [1.29, 1.82) is 0 Å². The first kappa shape index (κ1) is 16.2. The Morgan fingerprint density at radius 1 is 1.10 bits per heavy atom. The zero-order valence-electron chi connectivity index (χ0n) is 13.0. The molecule has 5 heteroatoms. The van der Waals surface area contributed by atoms with Crippen LogP contribution in [0.4, 0.5) is 0 Å². The molecule has 4 nitrogen and oxygen atoms in total. The summed E-state index contributed by atoms with van der Waals surface area (Å²) >= 11 is 0. The predicted octanol–water partition coefficient (Wildman–Crippen LogP) is 2.36. The van der Waals surface area contributed by atoms with Gasteiger partial charge in [-0.25, -0.2) is 8.42 Å². The van der Waals surface area contributed by atoms with E-state index in [9.17, 15) is 8.42 Å². The molecule has 1 aliphatic heterocycles. The van der Waals surface area contributed by atoms with Gasteiger partial charge in [0.15, 0.2) is 0 Å². The van der Waals surface area contributed by atoms with E-state index in [0.29, 0.717) is 18.2 Å². The van der Waals surface area contributed by atoms with E-state index in [1.165, 1.54) is 19.3 Å². The lowest BCUT2D eigenvalue weighted by atomic mass is 9.91. The van der Waals surface area contributed by atoms with Gasteiger partial charge < -0.3 is 5.32 Å². The van der Waals surface area contributed by atoms with Gasteiger partial charge >= 0.3 is 0 Å². The maximum Gasteiger partial charge on any atom is 0.214 e. The predicted molar refractivity (Wildman–Crippen MR) is 83.2 cm³/mol. The van der Waals surface area contributed by atoms with Crippen molar-refractivity contribution in [2.75, 3.05) is 19.3 Å². The van der Waals surface area contributed by atoms with Crippen molar-refractivity contribution in [3.05, 3.63) is 0 Å². The summed E-state index contributed by atoms with van der Waals surface area (Å²) < 4.78 is 27.4. The van der Waals surface area contributed by atoms with Crippen LogP contribution in [0.15, 0.2) is 0 Å². The Morgan fingerprint density at radius 2 is 1.75 bits per heavy atom. The van der Waals surface area contributed by atoms with Crippen LogP contribution in [0, 0.1) is 5.92 Å². The highest BCUT2D eigenvalue weighted by Gasteiger charge is 2.36. The number of nitrogens with zero attached hydrogens (tertiary/aromatic N) is 1. The van der Waals surface area contributed by atoms with Gasteiger partial charge in [0.25, 0.3) is 0 Å². The molecular formula is C15H30N2O2S. The van der Waals surface area contributed by atoms with E-state index in [4.69, 9.17) is 0 Å². The van der Waals surface area contributed by atoms with Crippen LogP contribution in [0.5, 0.6) is 0 Å². The third kappa shape index (κ3) is 3.95. The zero-order valence-corrected chi connectivity index (χ0v) is 13.8. The highest BCUT2D eigenvalue weighted by atomic mass is 32.2. The Morgan fingerprint density at radius 3 is 2.40 bits per heavy atom. The summed E-state index contributed by atoms with van der Waals surface area (Å²) in [6, 6.07) is 0.374. The highest BCUT2D eigenvalue weighted by Crippen LogP contribution is 2.29. The topological polar surface area (TPSA) is 49.4 Å². The van der Waals surface area contributed by atoms with E-state index in [0.717, 1.165) is 32.1 Å². The third-order valence-corrected chi connectivity index (χ3v) is 7.12. The second-order valence-corrected chi connectivity index (χ2v) is 8.50. The number of nitrogens with one attached hydrogen (secondary N) is 1. The monoisotopic (exact) mass is 302 g/mol. The Balaban J connectivity index is 2.04. The molecule has 2 fully saturated rings. The van der Waals surface area contributed by atoms with Crippen LogP contribution in [0.25, 0.3) is 0 Å². The molecule has 2 unspecified atom stereocenters. The van der Waals surface area contributed by atoms with E-state index in [-0.39, 0.29) is 12.1 Å². The standard InChI is InChI=1S/C15H30N2O2S/c1-13(16-2)15-10-6-7-11-17(15)20(18,19)12-14-8-4-3-5-9-14/h13-16H,3-12H2,1-2H3. The van der Waals surface area contributed by atoms with Gasteiger partial charge in [0.1, 0.15) is 0 Å². The number of rotatable bonds is 5. The molecule has 0 aromatic rings. The molecule has 0 amide bonds. The first-order chi connectivity index (χ1) is 9.54.